The first-order valence-corrected chi connectivity index (χ1v) is 15.3. The molecule has 3 N–H and O–H groups in total. The first-order chi connectivity index (χ1) is 22.5. The number of morpholine rings is 1. The predicted molar refractivity (Wildman–Crippen MR) is 175 cm³/mol. The first kappa shape index (κ1) is 30.2. The average Bonchev–Trinajstić information content (AvgIpc) is 3.70. The summed E-state index contributed by atoms with van der Waals surface area (Å²) in [7, 11) is 0. The number of hydrogen-bond donors (Lipinski definition) is 2. The molecule has 0 unspecified atom stereocenters. The molecule has 1 aliphatic carbocycles. The molecule has 2 saturated heterocycles. The maximum absolute atomic E-state index is 14.1. The zero-order chi connectivity index (χ0) is 33.0. The van der Waals surface area contributed by atoms with E-state index in [1.54, 1.807) is 50.2 Å². The summed E-state index contributed by atoms with van der Waals surface area (Å²) in [6, 6.07) is 14.6. The summed E-state index contributed by atoms with van der Waals surface area (Å²) >= 11 is 0. The Labute approximate surface area is 270 Å². The van der Waals surface area contributed by atoms with Crippen LogP contribution in [0.3, 0.4) is 0 Å². The van der Waals surface area contributed by atoms with Gasteiger partial charge in [-0.25, -0.2) is 18.8 Å². The monoisotopic (exact) mass is 636 g/mol. The van der Waals surface area contributed by atoms with Gasteiger partial charge < -0.3 is 25.4 Å². The number of imide groups is 1. The molecule has 11 nitrogen and oxygen atoms in total. The number of hydrogen-bond acceptors (Lipinski definition) is 8. The molecule has 240 valence electrons. The summed E-state index contributed by atoms with van der Waals surface area (Å²) in [6.45, 7) is 7.43. The quantitative estimate of drug-likeness (QED) is 0.209. The van der Waals surface area contributed by atoms with Crippen LogP contribution in [0.1, 0.15) is 40.9 Å². The number of carbonyl (C=O) groups excluding carboxylic acids is 3. The van der Waals surface area contributed by atoms with Crippen LogP contribution in [0.15, 0.2) is 66.4 Å². The molecule has 4 aromatic rings. The number of para-hydroxylation sites is 1. The molecule has 0 bridgehead atoms. The molecule has 3 aromatic carbocycles. The predicted octanol–water partition coefficient (Wildman–Crippen LogP) is 5.19. The van der Waals surface area contributed by atoms with E-state index < -0.39 is 17.4 Å². The number of nitrogen functional groups attached to an aromatic ring is 1. The molecule has 12 heteroatoms. The molecule has 47 heavy (non-hydrogen) atoms. The number of halogens is 1. The Bertz CT molecular complexity index is 1990. The van der Waals surface area contributed by atoms with Gasteiger partial charge in [0, 0.05) is 25.1 Å². The van der Waals surface area contributed by atoms with E-state index in [2.05, 4.69) is 15.3 Å². The van der Waals surface area contributed by atoms with Crippen molar-refractivity contribution in [2.75, 3.05) is 41.8 Å². The number of fused-ring (bicyclic) bond motifs is 1. The van der Waals surface area contributed by atoms with Crippen molar-refractivity contribution in [3.05, 3.63) is 94.4 Å². The lowest BCUT2D eigenvalue weighted by Gasteiger charge is -2.32. The number of aromatic nitrogens is 2. The van der Waals surface area contributed by atoms with Crippen molar-refractivity contribution >= 4 is 41.0 Å². The number of Topliss-reactive ketones (excluding diaryl/α,β-unsaturated/α-hetero) is 1. The van der Waals surface area contributed by atoms with E-state index in [0.29, 0.717) is 55.4 Å². The number of carbonyl (C=O) groups is 3. The van der Waals surface area contributed by atoms with Crippen LogP contribution >= 0.6 is 0 Å². The molecular formula is C35H33FN6O5. The second kappa shape index (κ2) is 11.4. The lowest BCUT2D eigenvalue weighted by atomic mass is 10.0. The molecule has 0 spiro atoms. The van der Waals surface area contributed by atoms with Crippen molar-refractivity contribution in [1.29, 1.82) is 0 Å². The van der Waals surface area contributed by atoms with Gasteiger partial charge in [-0.2, -0.15) is 5.10 Å². The van der Waals surface area contributed by atoms with Gasteiger partial charge in [-0.15, -0.1) is 0 Å². The second-order valence-corrected chi connectivity index (χ2v) is 12.3. The van der Waals surface area contributed by atoms with Gasteiger partial charge in [-0.3, -0.25) is 9.59 Å². The fourth-order valence-electron chi connectivity index (χ4n) is 6.20. The molecule has 0 saturated carbocycles. The van der Waals surface area contributed by atoms with E-state index in [-0.39, 0.29) is 28.8 Å². The van der Waals surface area contributed by atoms with Gasteiger partial charge >= 0.3 is 6.03 Å². The average molecular weight is 637 g/mol. The molecule has 2 aliphatic heterocycles. The van der Waals surface area contributed by atoms with Crippen LogP contribution in [0.5, 0.6) is 11.5 Å². The number of urea groups is 1. The number of allylic oxidation sites excluding steroid dienone is 1. The van der Waals surface area contributed by atoms with Gasteiger partial charge in [0.15, 0.2) is 17.3 Å². The van der Waals surface area contributed by atoms with E-state index in [1.807, 2.05) is 25.1 Å². The fourth-order valence-corrected chi connectivity index (χ4v) is 6.20. The molecular weight excluding hydrogens is 603 g/mol. The number of ether oxygens (including phenoxy) is 2. The number of ketones is 1. The van der Waals surface area contributed by atoms with Crippen LogP contribution < -0.4 is 25.6 Å². The lowest BCUT2D eigenvalue weighted by Crippen LogP contribution is -2.41. The molecule has 0 radical (unpaired) electrons. The Morgan fingerprint density at radius 3 is 2.51 bits per heavy atom. The van der Waals surface area contributed by atoms with Gasteiger partial charge in [0.1, 0.15) is 17.1 Å². The molecule has 2 fully saturated rings. The zero-order valence-electron chi connectivity index (χ0n) is 26.2. The summed E-state index contributed by atoms with van der Waals surface area (Å²) in [4.78, 5) is 43.5. The normalized spacial score (nSPS) is 17.1. The van der Waals surface area contributed by atoms with E-state index in [0.717, 1.165) is 22.4 Å². The van der Waals surface area contributed by atoms with Crippen LogP contribution in [0.2, 0.25) is 0 Å². The SMILES string of the molecule is Cc1cc(Oc2ccccc2F)ccc1-n1ncc(C(=O)C2=Cc3cc(N4CCOCC4)c(N4C(=O)NC(C)(C)C4=O)cc3C2)c1N. The number of anilines is 3. The van der Waals surface area contributed by atoms with Crippen LogP contribution in [0, 0.1) is 12.7 Å². The highest BCUT2D eigenvalue weighted by atomic mass is 19.1. The Kier molecular flexibility index (Phi) is 7.31. The van der Waals surface area contributed by atoms with E-state index in [4.69, 9.17) is 15.2 Å². The third-order valence-electron chi connectivity index (χ3n) is 8.70. The molecule has 0 atom stereocenters. The van der Waals surface area contributed by atoms with Crippen LogP contribution in [-0.2, 0) is 16.0 Å². The highest BCUT2D eigenvalue weighted by Gasteiger charge is 2.46. The number of benzene rings is 3. The van der Waals surface area contributed by atoms with Gasteiger partial charge in [-0.1, -0.05) is 12.1 Å². The molecule has 3 aliphatic rings. The molecule has 3 heterocycles. The van der Waals surface area contributed by atoms with Crippen molar-refractivity contribution in [1.82, 2.24) is 15.1 Å². The standard InChI is InChI=1S/C35H33FN6O5/c1-20-14-24(47-30-7-5-4-6-26(30)36)8-9-27(20)42-32(37)25(19-38-42)31(43)23-15-21-17-28(40-10-12-46-13-11-40)29(18-22(21)16-23)41-33(44)35(2,3)39-34(41)45/h4-9,14-15,17-19H,10-13,16,37H2,1-3H3,(H,39,45). The minimum Gasteiger partial charge on any atom is -0.454 e. The van der Waals surface area contributed by atoms with Gasteiger partial charge in [0.2, 0.25) is 0 Å². The third-order valence-corrected chi connectivity index (χ3v) is 8.70. The molecule has 7 rings (SSSR count). The Morgan fingerprint density at radius 2 is 1.81 bits per heavy atom. The van der Waals surface area contributed by atoms with Crippen molar-refractivity contribution in [2.45, 2.75) is 32.7 Å². The molecule has 1 aromatic heterocycles. The summed E-state index contributed by atoms with van der Waals surface area (Å²) in [5.41, 5.74) is 10.5. The van der Waals surface area contributed by atoms with E-state index >= 15 is 0 Å². The highest BCUT2D eigenvalue weighted by molar-refractivity contribution is 6.24. The smallest absolute Gasteiger partial charge is 0.329 e. The molecule has 3 amide bonds. The minimum absolute atomic E-state index is 0.111. The van der Waals surface area contributed by atoms with Gasteiger partial charge in [0.25, 0.3) is 5.91 Å². The number of nitrogens with two attached hydrogens (primary N) is 1. The van der Waals surface area contributed by atoms with Crippen LogP contribution in [-0.4, -0.2) is 59.3 Å². The van der Waals surface area contributed by atoms with Crippen molar-refractivity contribution < 1.29 is 28.2 Å². The summed E-state index contributed by atoms with van der Waals surface area (Å²) in [5.74, 6) is -0.354. The summed E-state index contributed by atoms with van der Waals surface area (Å²) in [6.07, 6.45) is 3.58. The third kappa shape index (κ3) is 5.30. The van der Waals surface area contributed by atoms with Crippen molar-refractivity contribution in [3.63, 3.8) is 0 Å². The fraction of sp³-hybridized carbons (Fsp3) is 0.257. The van der Waals surface area contributed by atoms with Gasteiger partial charge in [-0.05, 0) is 86.0 Å². The minimum atomic E-state index is -1.04. The number of rotatable bonds is 7. The topological polar surface area (TPSA) is 132 Å². The van der Waals surface area contributed by atoms with Crippen LogP contribution in [0.4, 0.5) is 26.4 Å². The Balaban J connectivity index is 1.17. The Hall–Kier alpha value is -5.49. The van der Waals surface area contributed by atoms with Crippen molar-refractivity contribution in [2.24, 2.45) is 0 Å². The summed E-state index contributed by atoms with van der Waals surface area (Å²) < 4.78 is 26.8. The maximum Gasteiger partial charge on any atom is 0.329 e. The number of amides is 3. The second-order valence-electron chi connectivity index (χ2n) is 12.3. The first-order valence-electron chi connectivity index (χ1n) is 15.3. The number of aryl methyl sites for hydroxylation is 1. The van der Waals surface area contributed by atoms with E-state index in [9.17, 15) is 18.8 Å². The zero-order valence-corrected chi connectivity index (χ0v) is 26.2. The maximum atomic E-state index is 14.1. The van der Waals surface area contributed by atoms with Gasteiger partial charge in [0.05, 0.1) is 42.0 Å². The Morgan fingerprint density at radius 1 is 1.04 bits per heavy atom. The lowest BCUT2D eigenvalue weighted by molar-refractivity contribution is -0.121. The largest absolute Gasteiger partial charge is 0.454 e. The summed E-state index contributed by atoms with van der Waals surface area (Å²) in [5, 5.41) is 7.19. The number of nitrogens with one attached hydrogen (secondary N) is 1. The van der Waals surface area contributed by atoms with Crippen molar-refractivity contribution in [3.8, 4) is 17.2 Å². The van der Waals surface area contributed by atoms with Crippen LogP contribution in [0.25, 0.3) is 11.8 Å². The number of nitrogens with zero attached hydrogens (tertiary/aromatic N) is 4. The highest BCUT2D eigenvalue weighted by Crippen LogP contribution is 2.41. The van der Waals surface area contributed by atoms with E-state index in [1.165, 1.54) is 21.8 Å².